The highest BCUT2D eigenvalue weighted by Gasteiger charge is 2.33. The minimum Gasteiger partial charge on any atom is -0.127 e. The Bertz CT molecular complexity index is 151. The SMILES string of the molecule is ClCCC1CCCC2CCCCC12. The average molecular weight is 201 g/mol. The lowest BCUT2D eigenvalue weighted by Gasteiger charge is -2.41. The van der Waals surface area contributed by atoms with Gasteiger partial charge in [0.2, 0.25) is 0 Å². The zero-order valence-electron chi connectivity index (χ0n) is 8.47. The van der Waals surface area contributed by atoms with Crippen LogP contribution in [-0.2, 0) is 0 Å². The first kappa shape index (κ1) is 9.83. The first-order valence-corrected chi connectivity index (χ1v) is 6.51. The molecular weight excluding hydrogens is 180 g/mol. The summed E-state index contributed by atoms with van der Waals surface area (Å²) in [7, 11) is 0. The highest BCUT2D eigenvalue weighted by molar-refractivity contribution is 6.17. The van der Waals surface area contributed by atoms with E-state index < -0.39 is 0 Å². The molecule has 0 bridgehead atoms. The predicted octanol–water partition coefficient (Wildman–Crippen LogP) is 4.22. The topological polar surface area (TPSA) is 0 Å². The number of fused-ring (bicyclic) bond motifs is 1. The third-order valence-corrected chi connectivity index (χ3v) is 4.42. The van der Waals surface area contributed by atoms with Gasteiger partial charge in [0, 0.05) is 5.88 Å². The van der Waals surface area contributed by atoms with Gasteiger partial charge in [0.15, 0.2) is 0 Å². The van der Waals surface area contributed by atoms with Gasteiger partial charge in [-0.2, -0.15) is 0 Å². The van der Waals surface area contributed by atoms with Crippen molar-refractivity contribution < 1.29 is 0 Å². The lowest BCUT2D eigenvalue weighted by molar-refractivity contribution is 0.102. The normalized spacial score (nSPS) is 39.9. The van der Waals surface area contributed by atoms with Crippen molar-refractivity contribution in [3.63, 3.8) is 0 Å². The molecule has 0 amide bonds. The van der Waals surface area contributed by atoms with Gasteiger partial charge in [-0.25, -0.2) is 0 Å². The third kappa shape index (κ3) is 2.21. The van der Waals surface area contributed by atoms with Crippen LogP contribution in [0.15, 0.2) is 0 Å². The molecule has 3 unspecified atom stereocenters. The highest BCUT2D eigenvalue weighted by atomic mass is 35.5. The molecule has 76 valence electrons. The molecule has 3 atom stereocenters. The fraction of sp³-hybridized carbons (Fsp3) is 1.00. The number of hydrogen-bond acceptors (Lipinski definition) is 0. The molecule has 2 aliphatic rings. The molecule has 0 radical (unpaired) electrons. The van der Waals surface area contributed by atoms with Gasteiger partial charge in [-0.3, -0.25) is 0 Å². The van der Waals surface area contributed by atoms with Gasteiger partial charge >= 0.3 is 0 Å². The van der Waals surface area contributed by atoms with Gasteiger partial charge < -0.3 is 0 Å². The fourth-order valence-corrected chi connectivity index (χ4v) is 3.85. The average Bonchev–Trinajstić information content (AvgIpc) is 2.19. The Morgan fingerprint density at radius 1 is 0.923 bits per heavy atom. The van der Waals surface area contributed by atoms with Crippen LogP contribution in [0.3, 0.4) is 0 Å². The van der Waals surface area contributed by atoms with E-state index in [1.165, 1.54) is 51.4 Å². The molecule has 0 N–H and O–H groups in total. The Morgan fingerprint density at radius 2 is 1.69 bits per heavy atom. The minimum atomic E-state index is 0.883. The predicted molar refractivity (Wildman–Crippen MR) is 58.1 cm³/mol. The summed E-state index contributed by atoms with van der Waals surface area (Å²) < 4.78 is 0. The molecular formula is C12H21Cl. The summed E-state index contributed by atoms with van der Waals surface area (Å²) in [6, 6.07) is 0. The second-order valence-electron chi connectivity index (χ2n) is 4.88. The van der Waals surface area contributed by atoms with Crippen LogP contribution in [0.5, 0.6) is 0 Å². The van der Waals surface area contributed by atoms with Crippen LogP contribution in [-0.4, -0.2) is 5.88 Å². The summed E-state index contributed by atoms with van der Waals surface area (Å²) in [6.45, 7) is 0. The summed E-state index contributed by atoms with van der Waals surface area (Å²) in [5, 5.41) is 0. The van der Waals surface area contributed by atoms with Crippen molar-refractivity contribution in [2.45, 2.75) is 51.4 Å². The minimum absolute atomic E-state index is 0.883. The van der Waals surface area contributed by atoms with Crippen molar-refractivity contribution in [1.82, 2.24) is 0 Å². The Balaban J connectivity index is 1.94. The summed E-state index contributed by atoms with van der Waals surface area (Å²) in [6.07, 6.45) is 11.7. The van der Waals surface area contributed by atoms with E-state index in [1.807, 2.05) is 0 Å². The van der Waals surface area contributed by atoms with Crippen molar-refractivity contribution in [3.05, 3.63) is 0 Å². The molecule has 0 aromatic heterocycles. The van der Waals surface area contributed by atoms with E-state index >= 15 is 0 Å². The van der Waals surface area contributed by atoms with Gasteiger partial charge in [-0.05, 0) is 30.6 Å². The van der Waals surface area contributed by atoms with Crippen molar-refractivity contribution in [1.29, 1.82) is 0 Å². The van der Waals surface area contributed by atoms with E-state index in [2.05, 4.69) is 0 Å². The molecule has 1 heteroatoms. The molecule has 0 aliphatic heterocycles. The first-order valence-electron chi connectivity index (χ1n) is 5.98. The van der Waals surface area contributed by atoms with Gasteiger partial charge in [0.1, 0.15) is 0 Å². The standard InChI is InChI=1S/C12H21Cl/c13-9-8-11-6-3-5-10-4-1-2-7-12(10)11/h10-12H,1-9H2. The largest absolute Gasteiger partial charge is 0.127 e. The Kier molecular flexibility index (Phi) is 3.54. The van der Waals surface area contributed by atoms with E-state index in [0.29, 0.717) is 0 Å². The zero-order chi connectivity index (χ0) is 9.10. The van der Waals surface area contributed by atoms with Crippen LogP contribution < -0.4 is 0 Å². The smallest absolute Gasteiger partial charge is 0.0226 e. The lowest BCUT2D eigenvalue weighted by Crippen LogP contribution is -2.31. The van der Waals surface area contributed by atoms with E-state index in [9.17, 15) is 0 Å². The monoisotopic (exact) mass is 200 g/mol. The maximum Gasteiger partial charge on any atom is 0.0226 e. The number of hydrogen-bond donors (Lipinski definition) is 0. The summed E-state index contributed by atoms with van der Waals surface area (Å²) >= 11 is 5.87. The van der Waals surface area contributed by atoms with Crippen molar-refractivity contribution in [3.8, 4) is 0 Å². The molecule has 0 nitrogen and oxygen atoms in total. The number of alkyl halides is 1. The molecule has 2 aliphatic carbocycles. The fourth-order valence-electron chi connectivity index (χ4n) is 3.57. The molecule has 0 heterocycles. The highest BCUT2D eigenvalue weighted by Crippen LogP contribution is 2.44. The van der Waals surface area contributed by atoms with Crippen LogP contribution in [0.4, 0.5) is 0 Å². The molecule has 0 saturated heterocycles. The zero-order valence-corrected chi connectivity index (χ0v) is 9.23. The summed E-state index contributed by atoms with van der Waals surface area (Å²) in [4.78, 5) is 0. The molecule has 2 rings (SSSR count). The van der Waals surface area contributed by atoms with Gasteiger partial charge in [0.05, 0.1) is 0 Å². The van der Waals surface area contributed by atoms with E-state index in [-0.39, 0.29) is 0 Å². The van der Waals surface area contributed by atoms with Gasteiger partial charge in [-0.15, -0.1) is 11.6 Å². The van der Waals surface area contributed by atoms with Gasteiger partial charge in [-0.1, -0.05) is 38.5 Å². The maximum absolute atomic E-state index is 5.87. The molecule has 2 fully saturated rings. The quantitative estimate of drug-likeness (QED) is 0.586. The first-order chi connectivity index (χ1) is 6.42. The molecule has 0 aromatic carbocycles. The van der Waals surface area contributed by atoms with Crippen LogP contribution in [0.2, 0.25) is 0 Å². The van der Waals surface area contributed by atoms with E-state index in [1.54, 1.807) is 0 Å². The maximum atomic E-state index is 5.87. The Morgan fingerprint density at radius 3 is 2.54 bits per heavy atom. The summed E-state index contributed by atoms with van der Waals surface area (Å²) in [5.74, 6) is 4.00. The number of halogens is 1. The van der Waals surface area contributed by atoms with Crippen LogP contribution in [0.25, 0.3) is 0 Å². The van der Waals surface area contributed by atoms with E-state index in [4.69, 9.17) is 11.6 Å². The number of rotatable bonds is 2. The van der Waals surface area contributed by atoms with Crippen LogP contribution in [0.1, 0.15) is 51.4 Å². The second-order valence-corrected chi connectivity index (χ2v) is 5.25. The van der Waals surface area contributed by atoms with Crippen molar-refractivity contribution in [2.75, 3.05) is 5.88 Å². The van der Waals surface area contributed by atoms with Gasteiger partial charge in [0.25, 0.3) is 0 Å². The molecule has 2 saturated carbocycles. The second kappa shape index (κ2) is 4.68. The Labute approximate surface area is 87.0 Å². The molecule has 0 aromatic rings. The van der Waals surface area contributed by atoms with Crippen LogP contribution in [0, 0.1) is 17.8 Å². The Hall–Kier alpha value is 0.290. The van der Waals surface area contributed by atoms with Crippen LogP contribution >= 0.6 is 11.6 Å². The lowest BCUT2D eigenvalue weighted by atomic mass is 9.65. The summed E-state index contributed by atoms with van der Waals surface area (Å²) in [5.41, 5.74) is 0. The van der Waals surface area contributed by atoms with E-state index in [0.717, 1.165) is 23.6 Å². The molecule has 13 heavy (non-hydrogen) atoms. The third-order valence-electron chi connectivity index (χ3n) is 4.20. The van der Waals surface area contributed by atoms with Crippen molar-refractivity contribution in [2.24, 2.45) is 17.8 Å². The van der Waals surface area contributed by atoms with Crippen molar-refractivity contribution >= 4 is 11.6 Å². The molecule has 0 spiro atoms.